The van der Waals surface area contributed by atoms with Gasteiger partial charge in [0, 0.05) is 12.8 Å². The normalized spacial score (nSPS) is 26.3. The van der Waals surface area contributed by atoms with Crippen molar-refractivity contribution in [1.29, 1.82) is 0 Å². The topological polar surface area (TPSA) is 105 Å². The molecule has 0 saturated carbocycles. The van der Waals surface area contributed by atoms with Crippen molar-refractivity contribution < 1.29 is 27.5 Å². The number of sulfonamides is 1. The molecule has 9 heteroatoms. The molecule has 2 bridgehead atoms. The number of hydrogen-bond donors (Lipinski definition) is 3. The molecule has 2 saturated heterocycles. The Labute approximate surface area is 167 Å². The Kier molecular flexibility index (Phi) is 5.16. The fourth-order valence-electron chi connectivity index (χ4n) is 4.15. The van der Waals surface area contributed by atoms with E-state index in [4.69, 9.17) is 4.74 Å². The fourth-order valence-corrected chi connectivity index (χ4v) is 5.53. The molecule has 0 aliphatic carbocycles. The smallest absolute Gasteiger partial charge is 0.264 e. The highest BCUT2D eigenvalue weighted by atomic mass is 32.2. The first-order chi connectivity index (χ1) is 13.8. The van der Waals surface area contributed by atoms with E-state index in [1.807, 2.05) is 0 Å². The molecule has 2 fully saturated rings. The lowest BCUT2D eigenvalue weighted by Crippen LogP contribution is -2.62. The summed E-state index contributed by atoms with van der Waals surface area (Å²) in [5, 5.41) is 9.19. The molecule has 3 N–H and O–H groups in total. The molecule has 0 radical (unpaired) electrons. The number of hydroxylamine groups is 1. The summed E-state index contributed by atoms with van der Waals surface area (Å²) < 4.78 is 47.3. The summed E-state index contributed by atoms with van der Waals surface area (Å²) in [4.78, 5) is 12.4. The zero-order valence-electron chi connectivity index (χ0n) is 15.5. The van der Waals surface area contributed by atoms with E-state index in [0.717, 1.165) is 24.0 Å². The highest BCUT2D eigenvalue weighted by Crippen LogP contribution is 2.39. The highest BCUT2D eigenvalue weighted by molar-refractivity contribution is 7.89. The number of hydrogen-bond acceptors (Lipinski definition) is 5. The van der Waals surface area contributed by atoms with Crippen LogP contribution in [0.4, 0.5) is 4.39 Å². The summed E-state index contributed by atoms with van der Waals surface area (Å²) in [6.45, 7) is 0. The van der Waals surface area contributed by atoms with E-state index in [0.29, 0.717) is 0 Å². The maximum absolute atomic E-state index is 13.1. The van der Waals surface area contributed by atoms with Crippen LogP contribution in [0.5, 0.6) is 0 Å². The average Bonchev–Trinajstić information content (AvgIpc) is 3.06. The molecule has 7 nitrogen and oxygen atoms in total. The Balaban J connectivity index is 1.60. The number of benzene rings is 2. The predicted molar refractivity (Wildman–Crippen MR) is 102 cm³/mol. The summed E-state index contributed by atoms with van der Waals surface area (Å²) in [7, 11) is -4.04. The third-order valence-electron chi connectivity index (χ3n) is 5.56. The van der Waals surface area contributed by atoms with Gasteiger partial charge < -0.3 is 4.74 Å². The molecular weight excluding hydrogens is 399 g/mol. The Bertz CT molecular complexity index is 996. The third kappa shape index (κ3) is 3.91. The predicted octanol–water partition coefficient (Wildman–Crippen LogP) is 2.36. The van der Waals surface area contributed by atoms with Gasteiger partial charge in [-0.3, -0.25) is 10.0 Å². The van der Waals surface area contributed by atoms with Gasteiger partial charge in [0.05, 0.1) is 17.1 Å². The summed E-state index contributed by atoms with van der Waals surface area (Å²) in [5.74, 6) is -1.14. The van der Waals surface area contributed by atoms with Crippen molar-refractivity contribution in [2.75, 3.05) is 0 Å². The van der Waals surface area contributed by atoms with Crippen LogP contribution in [0.1, 0.15) is 25.7 Å². The summed E-state index contributed by atoms with van der Waals surface area (Å²) in [5.41, 5.74) is 1.62. The van der Waals surface area contributed by atoms with Crippen LogP contribution in [0.15, 0.2) is 53.4 Å². The zero-order valence-corrected chi connectivity index (χ0v) is 16.3. The first-order valence-electron chi connectivity index (χ1n) is 9.31. The van der Waals surface area contributed by atoms with Crippen LogP contribution in [-0.4, -0.2) is 37.3 Å². The van der Waals surface area contributed by atoms with E-state index in [-0.39, 0.29) is 35.8 Å². The Morgan fingerprint density at radius 2 is 1.52 bits per heavy atom. The van der Waals surface area contributed by atoms with E-state index in [1.165, 1.54) is 24.3 Å². The number of nitrogens with one attached hydrogen (secondary N) is 2. The molecule has 2 unspecified atom stereocenters. The van der Waals surface area contributed by atoms with Crippen LogP contribution in [0.3, 0.4) is 0 Å². The second-order valence-corrected chi connectivity index (χ2v) is 9.21. The van der Waals surface area contributed by atoms with Gasteiger partial charge in [-0.05, 0) is 48.2 Å². The molecule has 2 aromatic rings. The van der Waals surface area contributed by atoms with E-state index >= 15 is 0 Å². The minimum Gasteiger partial charge on any atom is -0.375 e. The number of carbonyl (C=O) groups is 1. The lowest BCUT2D eigenvalue weighted by molar-refractivity contribution is -0.142. The molecule has 0 spiro atoms. The molecule has 154 valence electrons. The van der Waals surface area contributed by atoms with Gasteiger partial charge in [0.25, 0.3) is 5.91 Å². The van der Waals surface area contributed by atoms with E-state index in [1.54, 1.807) is 29.7 Å². The first kappa shape index (κ1) is 20.0. The van der Waals surface area contributed by atoms with Gasteiger partial charge in [-0.15, -0.1) is 0 Å². The number of fused-ring (bicyclic) bond motifs is 2. The lowest BCUT2D eigenvalue weighted by Gasteiger charge is -2.38. The minimum absolute atomic E-state index is 0.00712. The van der Waals surface area contributed by atoms with Gasteiger partial charge in [0.1, 0.15) is 11.4 Å². The molecule has 2 aliphatic rings. The number of ether oxygens (including phenoxy) is 1. The van der Waals surface area contributed by atoms with Gasteiger partial charge in [0.2, 0.25) is 10.0 Å². The SMILES string of the molecule is O=C(NO)C1(NS(=O)(=O)c2ccc(-c3ccc(F)cc3)cc2)CC2CCC(C1)O2. The summed E-state index contributed by atoms with van der Waals surface area (Å²) >= 11 is 0. The highest BCUT2D eigenvalue weighted by Gasteiger charge is 2.51. The quantitative estimate of drug-likeness (QED) is 0.509. The molecule has 2 aromatic carbocycles. The van der Waals surface area contributed by atoms with Crippen LogP contribution >= 0.6 is 0 Å². The van der Waals surface area contributed by atoms with E-state index < -0.39 is 21.5 Å². The third-order valence-corrected chi connectivity index (χ3v) is 7.11. The molecule has 0 aromatic heterocycles. The average molecular weight is 420 g/mol. The number of carbonyl (C=O) groups excluding carboxylic acids is 1. The van der Waals surface area contributed by atoms with Crippen LogP contribution < -0.4 is 10.2 Å². The fraction of sp³-hybridized carbons (Fsp3) is 0.350. The van der Waals surface area contributed by atoms with Gasteiger partial charge in [-0.1, -0.05) is 24.3 Å². The van der Waals surface area contributed by atoms with Crippen molar-refractivity contribution in [3.8, 4) is 11.1 Å². The van der Waals surface area contributed by atoms with Crippen LogP contribution in [0.2, 0.25) is 0 Å². The van der Waals surface area contributed by atoms with Crippen molar-refractivity contribution in [3.63, 3.8) is 0 Å². The van der Waals surface area contributed by atoms with Crippen LogP contribution in [0, 0.1) is 5.82 Å². The second-order valence-electron chi connectivity index (χ2n) is 7.53. The summed E-state index contributed by atoms with van der Waals surface area (Å²) in [6, 6.07) is 12.0. The Hall–Kier alpha value is -2.33. The van der Waals surface area contributed by atoms with Gasteiger partial charge in [0.15, 0.2) is 0 Å². The van der Waals surface area contributed by atoms with Gasteiger partial charge in [-0.2, -0.15) is 4.72 Å². The maximum Gasteiger partial charge on any atom is 0.264 e. The molecule has 2 atom stereocenters. The molecule has 2 heterocycles. The van der Waals surface area contributed by atoms with Crippen molar-refractivity contribution in [2.45, 2.75) is 48.3 Å². The molecule has 4 rings (SSSR count). The standard InChI is InChI=1S/C20H21FN2O5S/c21-15-5-1-13(2-6-15)14-3-9-18(10-4-14)29(26,27)23-20(19(24)22-25)11-16-7-8-17(12-20)28-16/h1-6,9-10,16-17,23,25H,7-8,11-12H2,(H,22,24). The Morgan fingerprint density at radius 3 is 2.03 bits per heavy atom. The monoisotopic (exact) mass is 420 g/mol. The van der Waals surface area contributed by atoms with Crippen molar-refractivity contribution in [2.24, 2.45) is 0 Å². The number of rotatable bonds is 5. The first-order valence-corrected chi connectivity index (χ1v) is 10.8. The molecule has 2 aliphatic heterocycles. The van der Waals surface area contributed by atoms with Crippen molar-refractivity contribution in [3.05, 3.63) is 54.3 Å². The zero-order chi connectivity index (χ0) is 20.6. The van der Waals surface area contributed by atoms with Gasteiger partial charge >= 0.3 is 0 Å². The second kappa shape index (κ2) is 7.49. The van der Waals surface area contributed by atoms with Gasteiger partial charge in [-0.25, -0.2) is 18.3 Å². The number of amides is 1. The lowest BCUT2D eigenvalue weighted by atomic mass is 9.87. The van der Waals surface area contributed by atoms with Crippen molar-refractivity contribution >= 4 is 15.9 Å². The van der Waals surface area contributed by atoms with Crippen LogP contribution in [-0.2, 0) is 19.6 Å². The van der Waals surface area contributed by atoms with Crippen LogP contribution in [0.25, 0.3) is 11.1 Å². The Morgan fingerprint density at radius 1 is 1.00 bits per heavy atom. The maximum atomic E-state index is 13.1. The largest absolute Gasteiger partial charge is 0.375 e. The van der Waals surface area contributed by atoms with E-state index in [2.05, 4.69) is 4.72 Å². The van der Waals surface area contributed by atoms with E-state index in [9.17, 15) is 22.8 Å². The molecule has 29 heavy (non-hydrogen) atoms. The molecular formula is C20H21FN2O5S. The minimum atomic E-state index is -4.04. The number of halogens is 1. The summed E-state index contributed by atoms with van der Waals surface area (Å²) in [6.07, 6.45) is 1.36. The molecule has 1 amide bonds. The van der Waals surface area contributed by atoms with Crippen molar-refractivity contribution in [1.82, 2.24) is 10.2 Å².